The average Bonchev–Trinajstić information content (AvgIpc) is 3.14. The number of aliphatic hydroxyl groups is 1. The van der Waals surface area contributed by atoms with Crippen LogP contribution in [0.4, 0.5) is 15.9 Å². The molecule has 9 nitrogen and oxygen atoms in total. The number of nitrogens with zero attached hydrogens (tertiary/aromatic N) is 5. The maximum atomic E-state index is 14.4. The molecule has 1 aromatic carbocycles. The van der Waals surface area contributed by atoms with Crippen LogP contribution >= 0.6 is 0 Å². The molecule has 5 rings (SSSR count). The highest BCUT2D eigenvalue weighted by molar-refractivity contribution is 6.14. The normalized spacial score (nSPS) is 13.6. The second kappa shape index (κ2) is 8.53. The zero-order valence-corrected chi connectivity index (χ0v) is 19.5. The van der Waals surface area contributed by atoms with Gasteiger partial charge in [-0.15, -0.1) is 0 Å². The lowest BCUT2D eigenvalue weighted by atomic mass is 9.93. The van der Waals surface area contributed by atoms with Gasteiger partial charge in [0, 0.05) is 25.5 Å². The third-order valence-electron chi connectivity index (χ3n) is 6.11. The van der Waals surface area contributed by atoms with Crippen molar-refractivity contribution in [2.24, 2.45) is 5.92 Å². The Morgan fingerprint density at radius 1 is 1.24 bits per heavy atom. The number of hydrogen-bond acceptors (Lipinski definition) is 8. The first kappa shape index (κ1) is 22.0. The van der Waals surface area contributed by atoms with Gasteiger partial charge in [-0.2, -0.15) is 9.97 Å². The number of nitrogens with one attached hydrogen (secondary N) is 2. The molecule has 0 saturated carbocycles. The molecule has 3 aromatic heterocycles. The van der Waals surface area contributed by atoms with Gasteiger partial charge in [0.15, 0.2) is 5.75 Å². The Morgan fingerprint density at radius 2 is 1.97 bits per heavy atom. The lowest BCUT2D eigenvalue weighted by Crippen LogP contribution is -2.42. The van der Waals surface area contributed by atoms with E-state index in [1.54, 1.807) is 26.4 Å². The molecule has 1 saturated heterocycles. The molecule has 4 aromatic rings. The second-order valence-corrected chi connectivity index (χ2v) is 8.67. The number of anilines is 2. The van der Waals surface area contributed by atoms with E-state index in [9.17, 15) is 9.50 Å². The predicted molar refractivity (Wildman–Crippen MR) is 129 cm³/mol. The van der Waals surface area contributed by atoms with E-state index in [-0.39, 0.29) is 24.4 Å². The number of H-pyrrole nitrogens is 1. The molecule has 0 aliphatic carbocycles. The molecule has 0 spiro atoms. The lowest BCUT2D eigenvalue weighted by molar-refractivity contribution is 0.315. The Balaban J connectivity index is 1.65. The van der Waals surface area contributed by atoms with Gasteiger partial charge >= 0.3 is 6.01 Å². The predicted octanol–water partition coefficient (Wildman–Crippen LogP) is 3.95. The molecule has 3 N–H and O–H groups in total. The summed E-state index contributed by atoms with van der Waals surface area (Å²) in [6, 6.07) is 3.06. The van der Waals surface area contributed by atoms with Crippen LogP contribution in [0.1, 0.15) is 19.7 Å². The van der Waals surface area contributed by atoms with Gasteiger partial charge in [0.1, 0.15) is 23.1 Å². The zero-order chi connectivity index (χ0) is 24.0. The van der Waals surface area contributed by atoms with E-state index in [1.807, 2.05) is 0 Å². The molecular weight excluding hydrogens is 437 g/mol. The van der Waals surface area contributed by atoms with Crippen molar-refractivity contribution in [3.05, 3.63) is 47.3 Å². The summed E-state index contributed by atoms with van der Waals surface area (Å²) < 4.78 is 20.3. The fourth-order valence-electron chi connectivity index (χ4n) is 4.30. The van der Waals surface area contributed by atoms with Crippen molar-refractivity contribution in [3.8, 4) is 11.8 Å². The smallest absolute Gasteiger partial charge is 0.326 e. The van der Waals surface area contributed by atoms with E-state index in [2.05, 4.69) is 44.0 Å². The third-order valence-corrected chi connectivity index (χ3v) is 6.11. The summed E-state index contributed by atoms with van der Waals surface area (Å²) in [5, 5.41) is 14.2. The largest absolute Gasteiger partial charge is 0.421 e. The molecule has 1 fully saturated rings. The standard InChI is InChI=1S/C24H26FN7O2/c1-12(2)18(11-33)14-9-32(10-14)23-20-17-5-15(25)6-19(26-4)21(17)29-22(20)30-24(31-23)34-16-7-27-13(3)28-8-16/h5-8,12,26,33H,9-11H2,1-4H3,(H,29,30,31). The van der Waals surface area contributed by atoms with Gasteiger partial charge in [-0.3, -0.25) is 0 Å². The summed E-state index contributed by atoms with van der Waals surface area (Å²) in [7, 11) is 1.74. The van der Waals surface area contributed by atoms with Crippen LogP contribution in [0.2, 0.25) is 0 Å². The van der Waals surface area contributed by atoms with Gasteiger partial charge in [-0.05, 0) is 36.1 Å². The highest BCUT2D eigenvalue weighted by Crippen LogP contribution is 2.39. The number of halogens is 1. The number of benzene rings is 1. The fraction of sp³-hybridized carbons (Fsp3) is 0.333. The van der Waals surface area contributed by atoms with Crippen LogP contribution < -0.4 is 15.0 Å². The Kier molecular flexibility index (Phi) is 5.52. The number of ether oxygens (including phenoxy) is 1. The number of aliphatic hydroxyl groups excluding tert-OH is 1. The SMILES string of the molecule is CNc1cc(F)cc2c1[nH]c1nc(Oc3cnc(C)nc3)nc(N3CC(=C(CO)C(C)C)C3)c12. The quantitative estimate of drug-likeness (QED) is 0.369. The van der Waals surface area contributed by atoms with Crippen LogP contribution in [0.25, 0.3) is 21.9 Å². The number of aromatic nitrogens is 5. The van der Waals surface area contributed by atoms with E-state index in [4.69, 9.17) is 9.72 Å². The van der Waals surface area contributed by atoms with Gasteiger partial charge in [0.25, 0.3) is 0 Å². The Morgan fingerprint density at radius 3 is 2.62 bits per heavy atom. The number of aryl methyl sites for hydroxylation is 1. The molecule has 1 aliphatic rings. The Bertz CT molecular complexity index is 1400. The van der Waals surface area contributed by atoms with Crippen LogP contribution in [0, 0.1) is 18.7 Å². The van der Waals surface area contributed by atoms with Gasteiger partial charge < -0.3 is 25.0 Å². The fourth-order valence-corrected chi connectivity index (χ4v) is 4.30. The number of fused-ring (bicyclic) bond motifs is 3. The van der Waals surface area contributed by atoms with Crippen molar-refractivity contribution in [2.75, 3.05) is 37.0 Å². The van der Waals surface area contributed by atoms with Gasteiger partial charge in [-0.1, -0.05) is 13.8 Å². The van der Waals surface area contributed by atoms with Gasteiger partial charge in [0.05, 0.1) is 35.6 Å². The number of aromatic amines is 1. The van der Waals surface area contributed by atoms with Crippen molar-refractivity contribution in [2.45, 2.75) is 20.8 Å². The molecule has 176 valence electrons. The minimum atomic E-state index is -0.354. The second-order valence-electron chi connectivity index (χ2n) is 8.67. The van der Waals surface area contributed by atoms with E-state index in [0.717, 1.165) is 11.1 Å². The molecular formula is C24H26FN7O2. The van der Waals surface area contributed by atoms with Crippen molar-refractivity contribution in [1.29, 1.82) is 0 Å². The maximum absolute atomic E-state index is 14.4. The Hall–Kier alpha value is -3.79. The zero-order valence-electron chi connectivity index (χ0n) is 19.5. The monoisotopic (exact) mass is 463 g/mol. The molecule has 1 aliphatic heterocycles. The van der Waals surface area contributed by atoms with Crippen molar-refractivity contribution in [1.82, 2.24) is 24.9 Å². The average molecular weight is 464 g/mol. The number of hydrogen-bond donors (Lipinski definition) is 3. The van der Waals surface area contributed by atoms with E-state index in [1.165, 1.54) is 17.7 Å². The summed E-state index contributed by atoms with van der Waals surface area (Å²) in [6.45, 7) is 7.21. The molecule has 0 atom stereocenters. The van der Waals surface area contributed by atoms with Crippen LogP contribution in [0.5, 0.6) is 11.8 Å². The molecule has 0 amide bonds. The van der Waals surface area contributed by atoms with Crippen molar-refractivity contribution < 1.29 is 14.2 Å². The first-order valence-electron chi connectivity index (χ1n) is 11.1. The van der Waals surface area contributed by atoms with Crippen molar-refractivity contribution >= 4 is 33.4 Å². The van der Waals surface area contributed by atoms with Gasteiger partial charge in [-0.25, -0.2) is 14.4 Å². The molecule has 0 radical (unpaired) electrons. The molecule has 0 unspecified atom stereocenters. The topological polar surface area (TPSA) is 112 Å². The van der Waals surface area contributed by atoms with Crippen LogP contribution in [-0.4, -0.2) is 56.8 Å². The highest BCUT2D eigenvalue weighted by Gasteiger charge is 2.29. The van der Waals surface area contributed by atoms with Crippen molar-refractivity contribution in [3.63, 3.8) is 0 Å². The summed E-state index contributed by atoms with van der Waals surface area (Å²) in [6.07, 6.45) is 3.13. The molecule has 34 heavy (non-hydrogen) atoms. The van der Waals surface area contributed by atoms with Crippen LogP contribution in [0.15, 0.2) is 35.7 Å². The van der Waals surface area contributed by atoms with Crippen LogP contribution in [0.3, 0.4) is 0 Å². The van der Waals surface area contributed by atoms with E-state index >= 15 is 0 Å². The first-order chi connectivity index (χ1) is 16.4. The summed E-state index contributed by atoms with van der Waals surface area (Å²) in [4.78, 5) is 22.9. The third kappa shape index (κ3) is 3.79. The first-order valence-corrected chi connectivity index (χ1v) is 11.1. The molecule has 0 bridgehead atoms. The minimum absolute atomic E-state index is 0.0334. The summed E-state index contributed by atoms with van der Waals surface area (Å²) in [5.74, 6) is 1.59. The van der Waals surface area contributed by atoms with E-state index < -0.39 is 0 Å². The van der Waals surface area contributed by atoms with Gasteiger partial charge in [0.2, 0.25) is 0 Å². The lowest BCUT2D eigenvalue weighted by Gasteiger charge is -2.38. The summed E-state index contributed by atoms with van der Waals surface area (Å²) >= 11 is 0. The summed E-state index contributed by atoms with van der Waals surface area (Å²) in [5.41, 5.74) is 4.12. The minimum Gasteiger partial charge on any atom is -0.421 e. The van der Waals surface area contributed by atoms with E-state index in [0.29, 0.717) is 52.6 Å². The molecule has 4 heterocycles. The maximum Gasteiger partial charge on any atom is 0.326 e. The Labute approximate surface area is 195 Å². The van der Waals surface area contributed by atoms with Crippen LogP contribution in [-0.2, 0) is 0 Å². The molecule has 10 heteroatoms. The number of rotatable bonds is 6. The highest BCUT2D eigenvalue weighted by atomic mass is 19.1.